The zero-order valence-electron chi connectivity index (χ0n) is 9.87. The predicted molar refractivity (Wildman–Crippen MR) is 69.5 cm³/mol. The molecule has 0 amide bonds. The zero-order chi connectivity index (χ0) is 12.0. The van der Waals surface area contributed by atoms with Gasteiger partial charge >= 0.3 is 0 Å². The summed E-state index contributed by atoms with van der Waals surface area (Å²) in [4.78, 5) is 0.820. The Morgan fingerprint density at radius 2 is 1.94 bits per heavy atom. The number of hydrogen-bond acceptors (Lipinski definition) is 3. The molecule has 0 aliphatic carbocycles. The summed E-state index contributed by atoms with van der Waals surface area (Å²) in [7, 11) is 3.27. The van der Waals surface area contributed by atoms with E-state index in [1.54, 1.807) is 14.2 Å². The molecule has 0 fully saturated rings. The largest absolute Gasteiger partial charge is 0.493 e. The van der Waals surface area contributed by atoms with Gasteiger partial charge in [-0.15, -0.1) is 0 Å². The predicted octanol–water partition coefficient (Wildman–Crippen LogP) is 2.18. The van der Waals surface area contributed by atoms with Crippen LogP contribution >= 0.6 is 12.2 Å². The van der Waals surface area contributed by atoms with Crippen LogP contribution in [-0.2, 0) is 6.42 Å². The van der Waals surface area contributed by atoms with Gasteiger partial charge in [0.1, 0.15) is 0 Å². The second-order valence-electron chi connectivity index (χ2n) is 3.42. The van der Waals surface area contributed by atoms with Crippen molar-refractivity contribution in [1.29, 1.82) is 0 Å². The normalized spacial score (nSPS) is 9.69. The van der Waals surface area contributed by atoms with Gasteiger partial charge in [0.2, 0.25) is 0 Å². The molecule has 0 unspecified atom stereocenters. The molecular formula is C12H17NO2S. The fourth-order valence-corrected chi connectivity index (χ4v) is 1.52. The van der Waals surface area contributed by atoms with Crippen LogP contribution in [-0.4, -0.2) is 25.8 Å². The molecule has 1 aromatic carbocycles. The van der Waals surface area contributed by atoms with Gasteiger partial charge in [-0.25, -0.2) is 0 Å². The van der Waals surface area contributed by atoms with E-state index >= 15 is 0 Å². The molecule has 1 aromatic rings. The Kier molecular flexibility index (Phi) is 5.05. The first-order valence-corrected chi connectivity index (χ1v) is 5.53. The summed E-state index contributed by atoms with van der Waals surface area (Å²) in [5.74, 6) is 1.52. The molecule has 0 radical (unpaired) electrons. The topological polar surface area (TPSA) is 30.5 Å². The molecule has 0 saturated heterocycles. The molecule has 0 aliphatic rings. The molecule has 0 saturated carbocycles. The Labute approximate surface area is 102 Å². The molecule has 0 bridgehead atoms. The first kappa shape index (κ1) is 12.8. The number of rotatable bonds is 5. The van der Waals surface area contributed by atoms with Crippen molar-refractivity contribution < 1.29 is 9.47 Å². The second-order valence-corrected chi connectivity index (χ2v) is 4.03. The first-order valence-electron chi connectivity index (χ1n) is 5.12. The van der Waals surface area contributed by atoms with Gasteiger partial charge in [0, 0.05) is 6.54 Å². The van der Waals surface area contributed by atoms with Crippen LogP contribution in [0.4, 0.5) is 0 Å². The summed E-state index contributed by atoms with van der Waals surface area (Å²) in [6, 6.07) is 5.93. The van der Waals surface area contributed by atoms with Gasteiger partial charge in [0.25, 0.3) is 0 Å². The summed E-state index contributed by atoms with van der Waals surface area (Å²) in [5.41, 5.74) is 1.20. The van der Waals surface area contributed by atoms with Gasteiger partial charge in [-0.05, 0) is 31.0 Å². The number of hydrogen-bond donors (Lipinski definition) is 1. The Morgan fingerprint density at radius 3 is 2.50 bits per heavy atom. The smallest absolute Gasteiger partial charge is 0.160 e. The van der Waals surface area contributed by atoms with Crippen LogP contribution in [0.3, 0.4) is 0 Å². The van der Waals surface area contributed by atoms with E-state index in [2.05, 4.69) is 5.32 Å². The number of benzene rings is 1. The second kappa shape index (κ2) is 6.33. The Hall–Kier alpha value is -1.29. The van der Waals surface area contributed by atoms with Crippen LogP contribution < -0.4 is 14.8 Å². The van der Waals surface area contributed by atoms with Crippen molar-refractivity contribution in [3.63, 3.8) is 0 Å². The maximum atomic E-state index is 5.23. The van der Waals surface area contributed by atoms with Crippen molar-refractivity contribution in [2.75, 3.05) is 20.8 Å². The van der Waals surface area contributed by atoms with E-state index in [0.29, 0.717) is 0 Å². The van der Waals surface area contributed by atoms with E-state index in [1.807, 2.05) is 25.1 Å². The van der Waals surface area contributed by atoms with Crippen LogP contribution in [0.5, 0.6) is 11.5 Å². The van der Waals surface area contributed by atoms with E-state index in [-0.39, 0.29) is 0 Å². The van der Waals surface area contributed by atoms with Crippen molar-refractivity contribution in [1.82, 2.24) is 5.32 Å². The molecular weight excluding hydrogens is 222 g/mol. The quantitative estimate of drug-likeness (QED) is 0.798. The van der Waals surface area contributed by atoms with E-state index in [9.17, 15) is 0 Å². The highest BCUT2D eigenvalue weighted by Crippen LogP contribution is 2.27. The molecule has 0 aromatic heterocycles. The zero-order valence-corrected chi connectivity index (χ0v) is 10.7. The van der Waals surface area contributed by atoms with E-state index in [0.717, 1.165) is 29.5 Å². The first-order chi connectivity index (χ1) is 7.67. The van der Waals surface area contributed by atoms with E-state index in [4.69, 9.17) is 21.7 Å². The fraction of sp³-hybridized carbons (Fsp3) is 0.417. The van der Waals surface area contributed by atoms with Crippen LogP contribution in [0.1, 0.15) is 12.5 Å². The van der Waals surface area contributed by atoms with Crippen LogP contribution in [0.2, 0.25) is 0 Å². The highest BCUT2D eigenvalue weighted by Gasteiger charge is 2.03. The molecule has 1 rings (SSSR count). The third kappa shape index (κ3) is 3.70. The molecule has 0 atom stereocenters. The maximum absolute atomic E-state index is 5.23. The van der Waals surface area contributed by atoms with Crippen LogP contribution in [0.15, 0.2) is 18.2 Å². The molecule has 3 nitrogen and oxygen atoms in total. The van der Waals surface area contributed by atoms with Gasteiger partial charge in [-0.2, -0.15) is 0 Å². The summed E-state index contributed by atoms with van der Waals surface area (Å²) in [6.45, 7) is 2.72. The minimum atomic E-state index is 0.755. The molecule has 0 aliphatic heterocycles. The van der Waals surface area contributed by atoms with Crippen LogP contribution in [0.25, 0.3) is 0 Å². The highest BCUT2D eigenvalue weighted by molar-refractivity contribution is 7.80. The standard InChI is InChI=1S/C12H17NO2S/c1-9(16)13-7-6-10-4-5-11(14-2)12(8-10)15-3/h4-5,8H,6-7H2,1-3H3,(H,13,16). The molecule has 0 spiro atoms. The maximum Gasteiger partial charge on any atom is 0.160 e. The lowest BCUT2D eigenvalue weighted by molar-refractivity contribution is 0.354. The minimum absolute atomic E-state index is 0.755. The lowest BCUT2D eigenvalue weighted by Gasteiger charge is -2.10. The third-order valence-corrected chi connectivity index (χ3v) is 2.38. The Morgan fingerprint density at radius 1 is 1.25 bits per heavy atom. The van der Waals surface area contributed by atoms with Crippen molar-refractivity contribution in [2.24, 2.45) is 0 Å². The monoisotopic (exact) mass is 239 g/mol. The lowest BCUT2D eigenvalue weighted by Crippen LogP contribution is -2.20. The summed E-state index contributed by atoms with van der Waals surface area (Å²) < 4.78 is 10.4. The fourth-order valence-electron chi connectivity index (χ4n) is 1.42. The Bertz CT molecular complexity index is 366. The number of nitrogens with one attached hydrogen (secondary N) is 1. The minimum Gasteiger partial charge on any atom is -0.493 e. The Balaban J connectivity index is 2.64. The number of thiocarbonyl (C=S) groups is 1. The van der Waals surface area contributed by atoms with Crippen LogP contribution in [0, 0.1) is 0 Å². The van der Waals surface area contributed by atoms with Crippen molar-refractivity contribution >= 4 is 17.2 Å². The van der Waals surface area contributed by atoms with Gasteiger partial charge in [-0.3, -0.25) is 0 Å². The summed E-state index contributed by atoms with van der Waals surface area (Å²) >= 11 is 4.94. The SMILES string of the molecule is COc1ccc(CCNC(C)=S)cc1OC. The summed E-state index contributed by atoms with van der Waals surface area (Å²) in [5, 5.41) is 3.12. The molecule has 88 valence electrons. The van der Waals surface area contributed by atoms with Gasteiger partial charge < -0.3 is 14.8 Å². The highest BCUT2D eigenvalue weighted by atomic mass is 32.1. The van der Waals surface area contributed by atoms with Gasteiger partial charge in [-0.1, -0.05) is 18.3 Å². The third-order valence-electron chi connectivity index (χ3n) is 2.24. The average Bonchev–Trinajstić information content (AvgIpc) is 2.28. The number of methoxy groups -OCH3 is 2. The van der Waals surface area contributed by atoms with E-state index < -0.39 is 0 Å². The molecule has 0 heterocycles. The van der Waals surface area contributed by atoms with Gasteiger partial charge in [0.15, 0.2) is 11.5 Å². The van der Waals surface area contributed by atoms with Crippen molar-refractivity contribution in [3.8, 4) is 11.5 Å². The number of ether oxygens (including phenoxy) is 2. The van der Waals surface area contributed by atoms with E-state index in [1.165, 1.54) is 5.56 Å². The lowest BCUT2D eigenvalue weighted by atomic mass is 10.1. The van der Waals surface area contributed by atoms with Gasteiger partial charge in [0.05, 0.1) is 19.2 Å². The average molecular weight is 239 g/mol. The molecule has 16 heavy (non-hydrogen) atoms. The van der Waals surface area contributed by atoms with Crippen molar-refractivity contribution in [3.05, 3.63) is 23.8 Å². The molecule has 1 N–H and O–H groups in total. The summed E-state index contributed by atoms with van der Waals surface area (Å²) in [6.07, 6.45) is 0.911. The molecule has 4 heteroatoms. The van der Waals surface area contributed by atoms with Crippen molar-refractivity contribution in [2.45, 2.75) is 13.3 Å².